The molecule has 6 heteroatoms. The molecule has 0 aromatic heterocycles. The van der Waals surface area contributed by atoms with Crippen LogP contribution in [0.2, 0.25) is 0 Å². The summed E-state index contributed by atoms with van der Waals surface area (Å²) in [6.45, 7) is 0. The minimum absolute atomic E-state index is 0.0996. The molecule has 0 aliphatic rings. The quantitative estimate of drug-likeness (QED) is 0.554. The Kier molecular flexibility index (Phi) is 4.46. The lowest BCUT2D eigenvalue weighted by molar-refractivity contribution is -0.137. The largest absolute Gasteiger partial charge is 0.416 e. The van der Waals surface area contributed by atoms with Gasteiger partial charge in [-0.15, -0.1) is 0 Å². The Balaban J connectivity index is 2.21. The number of hydrogen-bond donors (Lipinski definition) is 0. The minimum atomic E-state index is -4.42. The first-order valence-corrected chi connectivity index (χ1v) is 6.71. The Bertz CT molecular complexity index is 642. The van der Waals surface area contributed by atoms with Crippen LogP contribution in [0.25, 0.3) is 0 Å². The Labute approximate surface area is 126 Å². The van der Waals surface area contributed by atoms with Crippen LogP contribution in [0.5, 0.6) is 0 Å². The van der Waals surface area contributed by atoms with Gasteiger partial charge in [0.25, 0.3) is 0 Å². The van der Waals surface area contributed by atoms with Gasteiger partial charge < -0.3 is 0 Å². The zero-order valence-corrected chi connectivity index (χ0v) is 12.1. The maximum atomic E-state index is 13.6. The smallest absolute Gasteiger partial charge is 0.294 e. The maximum absolute atomic E-state index is 13.6. The van der Waals surface area contributed by atoms with E-state index in [0.717, 1.165) is 18.2 Å². The highest BCUT2D eigenvalue weighted by Gasteiger charge is 2.30. The summed E-state index contributed by atoms with van der Waals surface area (Å²) in [5.41, 5.74) is -0.494. The summed E-state index contributed by atoms with van der Waals surface area (Å²) < 4.78 is 51.2. The summed E-state index contributed by atoms with van der Waals surface area (Å²) in [6.07, 6.45) is -4.59. The molecule has 0 atom stereocenters. The molecule has 0 saturated carbocycles. The first-order chi connectivity index (χ1) is 9.79. The molecule has 1 nitrogen and oxygen atoms in total. The van der Waals surface area contributed by atoms with Gasteiger partial charge in [0.05, 0.1) is 11.1 Å². The van der Waals surface area contributed by atoms with Gasteiger partial charge in [0.2, 0.25) is 0 Å². The number of Topliss-reactive ketones (excluding diaryl/α,β-unsaturated/α-hetero) is 1. The summed E-state index contributed by atoms with van der Waals surface area (Å²) in [4.78, 5) is 12.0. The van der Waals surface area contributed by atoms with Crippen LogP contribution in [-0.4, -0.2) is 5.78 Å². The van der Waals surface area contributed by atoms with E-state index in [1.165, 1.54) is 24.3 Å². The normalized spacial score (nSPS) is 11.5. The SMILES string of the molecule is O=C(Cc1ccc(C(F)(F)F)cc1)c1c(F)cccc1Br. The number of carbonyl (C=O) groups excluding carboxylic acids is 1. The highest BCUT2D eigenvalue weighted by atomic mass is 79.9. The standard InChI is InChI=1S/C15H9BrF4O/c16-11-2-1-3-12(17)14(11)13(21)8-9-4-6-10(7-5-9)15(18,19)20/h1-7H,8H2. The van der Waals surface area contributed by atoms with E-state index in [4.69, 9.17) is 0 Å². The third kappa shape index (κ3) is 3.69. The fraction of sp³-hybridized carbons (Fsp3) is 0.133. The lowest BCUT2D eigenvalue weighted by Crippen LogP contribution is -2.08. The highest BCUT2D eigenvalue weighted by molar-refractivity contribution is 9.10. The monoisotopic (exact) mass is 360 g/mol. The van der Waals surface area contributed by atoms with E-state index in [-0.39, 0.29) is 12.0 Å². The van der Waals surface area contributed by atoms with Crippen LogP contribution < -0.4 is 0 Å². The average molecular weight is 361 g/mol. The van der Waals surface area contributed by atoms with Gasteiger partial charge in [-0.3, -0.25) is 4.79 Å². The second-order valence-corrected chi connectivity index (χ2v) is 5.25. The number of alkyl halides is 3. The van der Waals surface area contributed by atoms with Gasteiger partial charge in [-0.1, -0.05) is 18.2 Å². The van der Waals surface area contributed by atoms with Crippen molar-refractivity contribution in [2.24, 2.45) is 0 Å². The average Bonchev–Trinajstić information content (AvgIpc) is 2.38. The van der Waals surface area contributed by atoms with Gasteiger partial charge in [0, 0.05) is 10.9 Å². The minimum Gasteiger partial charge on any atom is -0.294 e. The van der Waals surface area contributed by atoms with Gasteiger partial charge in [-0.05, 0) is 45.8 Å². The van der Waals surface area contributed by atoms with Gasteiger partial charge in [-0.2, -0.15) is 13.2 Å². The lowest BCUT2D eigenvalue weighted by atomic mass is 10.0. The van der Waals surface area contributed by atoms with Crippen LogP contribution in [0, 0.1) is 5.82 Å². The zero-order valence-electron chi connectivity index (χ0n) is 10.5. The second-order valence-electron chi connectivity index (χ2n) is 4.39. The Hall–Kier alpha value is -1.69. The summed E-state index contributed by atoms with van der Waals surface area (Å²) in [6, 6.07) is 8.38. The fourth-order valence-electron chi connectivity index (χ4n) is 1.85. The van der Waals surface area contributed by atoms with E-state index in [1.807, 2.05) is 0 Å². The first-order valence-electron chi connectivity index (χ1n) is 5.92. The maximum Gasteiger partial charge on any atom is 0.416 e. The molecule has 0 saturated heterocycles. The molecule has 0 aliphatic heterocycles. The number of carbonyl (C=O) groups is 1. The van der Waals surface area contributed by atoms with Crippen LogP contribution in [0.1, 0.15) is 21.5 Å². The van der Waals surface area contributed by atoms with E-state index in [1.54, 1.807) is 0 Å². The lowest BCUT2D eigenvalue weighted by Gasteiger charge is -2.08. The molecule has 2 rings (SSSR count). The third-order valence-corrected chi connectivity index (χ3v) is 3.55. The summed E-state index contributed by atoms with van der Waals surface area (Å²) >= 11 is 3.09. The summed E-state index contributed by atoms with van der Waals surface area (Å²) in [7, 11) is 0. The fourth-order valence-corrected chi connectivity index (χ4v) is 2.41. The van der Waals surface area contributed by atoms with E-state index in [0.29, 0.717) is 10.0 Å². The topological polar surface area (TPSA) is 17.1 Å². The van der Waals surface area contributed by atoms with Crippen molar-refractivity contribution < 1.29 is 22.4 Å². The van der Waals surface area contributed by atoms with Crippen molar-refractivity contribution in [1.29, 1.82) is 0 Å². The van der Waals surface area contributed by atoms with Crippen molar-refractivity contribution >= 4 is 21.7 Å². The molecule has 0 aliphatic carbocycles. The molecule has 0 N–H and O–H groups in total. The summed E-state index contributed by atoms with van der Waals surface area (Å²) in [5.74, 6) is -1.17. The van der Waals surface area contributed by atoms with E-state index in [9.17, 15) is 22.4 Å². The van der Waals surface area contributed by atoms with Crippen molar-refractivity contribution in [2.75, 3.05) is 0 Å². The second kappa shape index (κ2) is 5.97. The number of ketones is 1. The molecule has 0 spiro atoms. The van der Waals surface area contributed by atoms with E-state index >= 15 is 0 Å². The Morgan fingerprint density at radius 3 is 2.19 bits per heavy atom. The molecule has 110 valence electrons. The molecular formula is C15H9BrF4O. The van der Waals surface area contributed by atoms with Crippen molar-refractivity contribution in [1.82, 2.24) is 0 Å². The summed E-state index contributed by atoms with van der Waals surface area (Å²) in [5, 5.41) is 0. The van der Waals surface area contributed by atoms with Crippen molar-refractivity contribution in [3.05, 3.63) is 69.4 Å². The molecule has 0 heterocycles. The first kappa shape index (κ1) is 15.7. The Morgan fingerprint density at radius 1 is 1.05 bits per heavy atom. The number of rotatable bonds is 3. The predicted molar refractivity (Wildman–Crippen MR) is 73.6 cm³/mol. The molecular weight excluding hydrogens is 352 g/mol. The van der Waals surface area contributed by atoms with Crippen molar-refractivity contribution in [2.45, 2.75) is 12.6 Å². The van der Waals surface area contributed by atoms with Crippen molar-refractivity contribution in [3.63, 3.8) is 0 Å². The Morgan fingerprint density at radius 2 is 1.67 bits per heavy atom. The van der Waals surface area contributed by atoms with Crippen LogP contribution in [0.3, 0.4) is 0 Å². The van der Waals surface area contributed by atoms with Crippen LogP contribution >= 0.6 is 15.9 Å². The van der Waals surface area contributed by atoms with E-state index in [2.05, 4.69) is 15.9 Å². The van der Waals surface area contributed by atoms with Crippen molar-refractivity contribution in [3.8, 4) is 0 Å². The molecule has 21 heavy (non-hydrogen) atoms. The zero-order chi connectivity index (χ0) is 15.6. The predicted octanol–water partition coefficient (Wildman–Crippen LogP) is 5.03. The molecule has 0 unspecified atom stereocenters. The molecule has 0 fully saturated rings. The molecule has 0 bridgehead atoms. The van der Waals surface area contributed by atoms with Crippen LogP contribution in [-0.2, 0) is 12.6 Å². The van der Waals surface area contributed by atoms with Gasteiger partial charge in [0.15, 0.2) is 5.78 Å². The molecule has 2 aromatic rings. The number of hydrogen-bond acceptors (Lipinski definition) is 1. The van der Waals surface area contributed by atoms with Crippen LogP contribution in [0.4, 0.5) is 17.6 Å². The van der Waals surface area contributed by atoms with Gasteiger partial charge >= 0.3 is 6.18 Å². The molecule has 0 amide bonds. The molecule has 0 radical (unpaired) electrons. The van der Waals surface area contributed by atoms with Gasteiger partial charge in [0.1, 0.15) is 5.82 Å². The van der Waals surface area contributed by atoms with Gasteiger partial charge in [-0.25, -0.2) is 4.39 Å². The number of benzene rings is 2. The molecule has 2 aromatic carbocycles. The third-order valence-electron chi connectivity index (χ3n) is 2.89. The van der Waals surface area contributed by atoms with Crippen LogP contribution in [0.15, 0.2) is 46.9 Å². The number of halogens is 5. The highest BCUT2D eigenvalue weighted by Crippen LogP contribution is 2.29. The van der Waals surface area contributed by atoms with E-state index < -0.39 is 23.3 Å².